The zero-order valence-corrected chi connectivity index (χ0v) is 15.9. The van der Waals surface area contributed by atoms with E-state index in [-0.39, 0.29) is 0 Å². The number of nitrogens with one attached hydrogen (secondary N) is 2. The van der Waals surface area contributed by atoms with Crippen molar-refractivity contribution in [3.05, 3.63) is 47.8 Å². The summed E-state index contributed by atoms with van der Waals surface area (Å²) in [5.41, 5.74) is 2.27. The van der Waals surface area contributed by atoms with Gasteiger partial charge < -0.3 is 19.5 Å². The zero-order chi connectivity index (χ0) is 19.2. The fourth-order valence-electron chi connectivity index (χ4n) is 2.36. The lowest BCUT2D eigenvalue weighted by Gasteiger charge is -2.09. The Labute approximate surface area is 160 Å². The molecule has 0 aliphatic heterocycles. The molecule has 3 aromatic rings. The second-order valence-corrected chi connectivity index (χ2v) is 6.30. The molecule has 0 radical (unpaired) electrons. The maximum Gasteiger partial charge on any atom is 0.325 e. The van der Waals surface area contributed by atoms with Crippen LogP contribution in [-0.2, 0) is 0 Å². The van der Waals surface area contributed by atoms with Crippen LogP contribution in [0.1, 0.15) is 0 Å². The molecule has 2 N–H and O–H groups in total. The number of aromatic nitrogens is 1. The molecular formula is C19H19N3O4S. The van der Waals surface area contributed by atoms with Gasteiger partial charge in [-0.05, 0) is 24.3 Å². The first-order valence-electron chi connectivity index (χ1n) is 8.02. The van der Waals surface area contributed by atoms with Crippen LogP contribution >= 0.6 is 11.3 Å². The molecule has 1 aromatic heterocycles. The number of anilines is 2. The van der Waals surface area contributed by atoms with Gasteiger partial charge in [-0.15, -0.1) is 11.3 Å². The van der Waals surface area contributed by atoms with Gasteiger partial charge in [0.1, 0.15) is 17.2 Å². The lowest BCUT2D eigenvalue weighted by Crippen LogP contribution is -2.19. The molecule has 27 heavy (non-hydrogen) atoms. The molecule has 8 heteroatoms. The van der Waals surface area contributed by atoms with E-state index in [1.165, 1.54) is 11.3 Å². The molecule has 2 amide bonds. The van der Waals surface area contributed by atoms with Crippen LogP contribution in [0.15, 0.2) is 47.8 Å². The molecule has 1 heterocycles. The molecule has 3 rings (SSSR count). The molecular weight excluding hydrogens is 366 g/mol. The van der Waals surface area contributed by atoms with Crippen LogP contribution in [0.4, 0.5) is 15.6 Å². The van der Waals surface area contributed by atoms with E-state index in [4.69, 9.17) is 14.2 Å². The molecule has 0 aliphatic carbocycles. The van der Waals surface area contributed by atoms with E-state index in [1.807, 2.05) is 29.6 Å². The van der Waals surface area contributed by atoms with Gasteiger partial charge in [0.25, 0.3) is 0 Å². The fraction of sp³-hybridized carbons (Fsp3) is 0.158. The van der Waals surface area contributed by atoms with Crippen molar-refractivity contribution < 1.29 is 19.0 Å². The summed E-state index contributed by atoms with van der Waals surface area (Å²) in [5, 5.41) is 7.85. The molecule has 0 saturated heterocycles. The number of methoxy groups -OCH3 is 3. The summed E-state index contributed by atoms with van der Waals surface area (Å²) in [4.78, 5) is 16.7. The van der Waals surface area contributed by atoms with E-state index in [0.29, 0.717) is 22.3 Å². The molecule has 0 atom stereocenters. The van der Waals surface area contributed by atoms with Crippen LogP contribution in [-0.4, -0.2) is 32.3 Å². The number of urea groups is 1. The minimum absolute atomic E-state index is 0.402. The van der Waals surface area contributed by atoms with Crippen molar-refractivity contribution >= 4 is 28.2 Å². The van der Waals surface area contributed by atoms with Gasteiger partial charge in [-0.2, -0.15) is 0 Å². The van der Waals surface area contributed by atoms with Gasteiger partial charge in [-0.1, -0.05) is 0 Å². The third-order valence-corrected chi connectivity index (χ3v) is 4.48. The summed E-state index contributed by atoms with van der Waals surface area (Å²) in [5.74, 6) is 1.95. The summed E-state index contributed by atoms with van der Waals surface area (Å²) < 4.78 is 15.5. The SMILES string of the molecule is COc1ccc(-c2csc(NC(=O)Nc3cc(OC)cc(OC)c3)n2)cc1. The van der Waals surface area contributed by atoms with E-state index < -0.39 is 6.03 Å². The number of benzene rings is 2. The Morgan fingerprint density at radius 2 is 1.52 bits per heavy atom. The predicted molar refractivity (Wildman–Crippen MR) is 106 cm³/mol. The van der Waals surface area contributed by atoms with Crippen molar-refractivity contribution in [3.8, 4) is 28.5 Å². The smallest absolute Gasteiger partial charge is 0.325 e. The summed E-state index contributed by atoms with van der Waals surface area (Å²) in [6.07, 6.45) is 0. The Balaban J connectivity index is 1.67. The summed E-state index contributed by atoms with van der Waals surface area (Å²) in [6, 6.07) is 12.3. The Bertz CT molecular complexity index is 903. The molecule has 0 bridgehead atoms. The van der Waals surface area contributed by atoms with E-state index >= 15 is 0 Å². The fourth-order valence-corrected chi connectivity index (χ4v) is 3.08. The van der Waals surface area contributed by atoms with E-state index in [0.717, 1.165) is 17.0 Å². The number of hydrogen-bond donors (Lipinski definition) is 2. The Morgan fingerprint density at radius 1 is 0.889 bits per heavy atom. The maximum atomic E-state index is 12.3. The first kappa shape index (κ1) is 18.5. The number of nitrogens with zero attached hydrogens (tertiary/aromatic N) is 1. The topological polar surface area (TPSA) is 81.7 Å². The van der Waals surface area contributed by atoms with Gasteiger partial charge >= 0.3 is 6.03 Å². The number of carbonyl (C=O) groups is 1. The number of rotatable bonds is 6. The lowest BCUT2D eigenvalue weighted by atomic mass is 10.2. The van der Waals surface area contributed by atoms with Crippen molar-refractivity contribution in [1.82, 2.24) is 4.98 Å². The predicted octanol–water partition coefficient (Wildman–Crippen LogP) is 4.48. The van der Waals surface area contributed by atoms with Crippen molar-refractivity contribution in [2.45, 2.75) is 0 Å². The monoisotopic (exact) mass is 385 g/mol. The Morgan fingerprint density at radius 3 is 2.11 bits per heavy atom. The maximum absolute atomic E-state index is 12.3. The second-order valence-electron chi connectivity index (χ2n) is 5.45. The van der Waals surface area contributed by atoms with Crippen molar-refractivity contribution in [3.63, 3.8) is 0 Å². The number of hydrogen-bond acceptors (Lipinski definition) is 6. The Kier molecular flexibility index (Phi) is 5.77. The molecule has 0 spiro atoms. The molecule has 7 nitrogen and oxygen atoms in total. The van der Waals surface area contributed by atoms with Crippen LogP contribution in [0.2, 0.25) is 0 Å². The third-order valence-electron chi connectivity index (χ3n) is 3.72. The van der Waals surface area contributed by atoms with Crippen LogP contribution in [0, 0.1) is 0 Å². The van der Waals surface area contributed by atoms with E-state index in [9.17, 15) is 4.79 Å². The molecule has 140 valence electrons. The second kappa shape index (κ2) is 8.41. The number of thiazole rings is 1. The normalized spacial score (nSPS) is 10.2. The highest BCUT2D eigenvalue weighted by Crippen LogP contribution is 2.28. The van der Waals surface area contributed by atoms with Gasteiger partial charge in [0.2, 0.25) is 0 Å². The van der Waals surface area contributed by atoms with Crippen molar-refractivity contribution in [2.24, 2.45) is 0 Å². The molecule has 0 unspecified atom stereocenters. The van der Waals surface area contributed by atoms with Crippen molar-refractivity contribution in [1.29, 1.82) is 0 Å². The minimum Gasteiger partial charge on any atom is -0.497 e. The number of ether oxygens (including phenoxy) is 3. The van der Waals surface area contributed by atoms with Gasteiger partial charge in [0, 0.05) is 34.8 Å². The van der Waals surface area contributed by atoms with E-state index in [2.05, 4.69) is 15.6 Å². The van der Waals surface area contributed by atoms with Crippen molar-refractivity contribution in [2.75, 3.05) is 32.0 Å². The third kappa shape index (κ3) is 4.68. The quantitative estimate of drug-likeness (QED) is 0.654. The highest BCUT2D eigenvalue weighted by Gasteiger charge is 2.10. The molecule has 0 saturated carbocycles. The minimum atomic E-state index is -0.402. The summed E-state index contributed by atoms with van der Waals surface area (Å²) in [7, 11) is 4.72. The number of carbonyl (C=O) groups excluding carboxylic acids is 1. The highest BCUT2D eigenvalue weighted by molar-refractivity contribution is 7.14. The number of amides is 2. The Hall–Kier alpha value is -3.26. The van der Waals surface area contributed by atoms with Gasteiger partial charge in [0.15, 0.2) is 5.13 Å². The largest absolute Gasteiger partial charge is 0.497 e. The average Bonchev–Trinajstić information content (AvgIpc) is 3.15. The van der Waals surface area contributed by atoms with Crippen LogP contribution in [0.3, 0.4) is 0 Å². The molecule has 2 aromatic carbocycles. The van der Waals surface area contributed by atoms with Crippen LogP contribution < -0.4 is 24.8 Å². The summed E-state index contributed by atoms with van der Waals surface area (Å²) in [6.45, 7) is 0. The van der Waals surface area contributed by atoms with Crippen LogP contribution in [0.25, 0.3) is 11.3 Å². The molecule has 0 fully saturated rings. The summed E-state index contributed by atoms with van der Waals surface area (Å²) >= 11 is 1.34. The molecule has 0 aliphatic rings. The average molecular weight is 385 g/mol. The zero-order valence-electron chi connectivity index (χ0n) is 15.1. The highest BCUT2D eigenvalue weighted by atomic mass is 32.1. The standard InChI is InChI=1S/C19H19N3O4S/c1-24-14-6-4-12(5-7-14)17-11-27-19(21-17)22-18(23)20-13-8-15(25-2)10-16(9-13)26-3/h4-11H,1-3H3,(H2,20,21,22,23). The lowest BCUT2D eigenvalue weighted by molar-refractivity contribution is 0.262. The first-order valence-corrected chi connectivity index (χ1v) is 8.90. The first-order chi connectivity index (χ1) is 13.1. The van der Waals surface area contributed by atoms with Crippen LogP contribution in [0.5, 0.6) is 17.2 Å². The van der Waals surface area contributed by atoms with E-state index in [1.54, 1.807) is 39.5 Å². The van der Waals surface area contributed by atoms with Gasteiger partial charge in [-0.3, -0.25) is 5.32 Å². The van der Waals surface area contributed by atoms with Gasteiger partial charge in [-0.25, -0.2) is 9.78 Å². The van der Waals surface area contributed by atoms with Gasteiger partial charge in [0.05, 0.1) is 27.0 Å².